The molecule has 0 bridgehead atoms. The second-order valence-corrected chi connectivity index (χ2v) is 10.7. The lowest BCUT2D eigenvalue weighted by Gasteiger charge is -2.37. The van der Waals surface area contributed by atoms with Gasteiger partial charge >= 0.3 is 0 Å². The molecule has 1 aliphatic rings. The van der Waals surface area contributed by atoms with Crippen LogP contribution in [0.25, 0.3) is 0 Å². The van der Waals surface area contributed by atoms with E-state index < -0.39 is 15.6 Å². The van der Waals surface area contributed by atoms with E-state index in [2.05, 4.69) is 15.9 Å². The molecule has 1 N–H and O–H groups in total. The molecule has 1 fully saturated rings. The number of benzene rings is 2. The average Bonchev–Trinajstić information content (AvgIpc) is 2.62. The summed E-state index contributed by atoms with van der Waals surface area (Å²) in [5.74, 6) is 0.545. The molecule has 140 valence electrons. The molecule has 8 heteroatoms. The van der Waals surface area contributed by atoms with Crippen molar-refractivity contribution in [2.24, 2.45) is 0 Å². The van der Waals surface area contributed by atoms with Crippen LogP contribution in [0.15, 0.2) is 62.8 Å². The maximum Gasteiger partial charge on any atom is 0.243 e. The summed E-state index contributed by atoms with van der Waals surface area (Å²) >= 11 is 10.8. The monoisotopic (exact) mass is 475 g/mol. The third kappa shape index (κ3) is 4.82. The molecule has 4 nitrogen and oxygen atoms in total. The normalized spacial score (nSPS) is 18.0. The molecule has 0 aromatic heterocycles. The molecule has 2 aromatic carbocycles. The molecule has 1 heterocycles. The Morgan fingerprint density at radius 1 is 1.08 bits per heavy atom. The van der Waals surface area contributed by atoms with Crippen LogP contribution in [-0.2, 0) is 10.0 Å². The smallest absolute Gasteiger partial charge is 0.243 e. The number of aliphatic hydroxyl groups is 1. The van der Waals surface area contributed by atoms with Gasteiger partial charge in [0.05, 0.1) is 10.5 Å². The van der Waals surface area contributed by atoms with Gasteiger partial charge in [-0.15, -0.1) is 11.8 Å². The second-order valence-electron chi connectivity index (χ2n) is 6.32. The predicted molar refractivity (Wildman–Crippen MR) is 109 cm³/mol. The van der Waals surface area contributed by atoms with Crippen LogP contribution in [-0.4, -0.2) is 42.3 Å². The number of piperidine rings is 1. The van der Waals surface area contributed by atoms with Crippen LogP contribution < -0.4 is 0 Å². The number of rotatable bonds is 5. The van der Waals surface area contributed by atoms with Gasteiger partial charge < -0.3 is 5.11 Å². The topological polar surface area (TPSA) is 57.6 Å². The van der Waals surface area contributed by atoms with Crippen molar-refractivity contribution in [3.8, 4) is 0 Å². The summed E-state index contributed by atoms with van der Waals surface area (Å²) in [6.45, 7) is 0.616. The minimum absolute atomic E-state index is 0.233. The van der Waals surface area contributed by atoms with Crippen molar-refractivity contribution >= 4 is 49.3 Å². The van der Waals surface area contributed by atoms with Crippen LogP contribution in [0.1, 0.15) is 12.8 Å². The van der Waals surface area contributed by atoms with Crippen molar-refractivity contribution in [2.45, 2.75) is 28.2 Å². The van der Waals surface area contributed by atoms with Gasteiger partial charge in [-0.1, -0.05) is 27.5 Å². The number of halogens is 2. The van der Waals surface area contributed by atoms with Crippen molar-refractivity contribution in [1.29, 1.82) is 0 Å². The molecule has 0 radical (unpaired) electrons. The van der Waals surface area contributed by atoms with Crippen LogP contribution in [0.3, 0.4) is 0 Å². The van der Waals surface area contributed by atoms with E-state index in [0.29, 0.717) is 36.7 Å². The van der Waals surface area contributed by atoms with Crippen LogP contribution in [0.5, 0.6) is 0 Å². The van der Waals surface area contributed by atoms with Gasteiger partial charge in [0.2, 0.25) is 10.0 Å². The van der Waals surface area contributed by atoms with E-state index in [-0.39, 0.29) is 4.90 Å². The fourth-order valence-electron chi connectivity index (χ4n) is 2.79. The minimum Gasteiger partial charge on any atom is -0.389 e. The molecule has 1 saturated heterocycles. The lowest BCUT2D eigenvalue weighted by atomic mass is 9.95. The zero-order valence-corrected chi connectivity index (χ0v) is 17.9. The standard InChI is InChI=1S/C18H19BrClNO3S2/c19-14-1-5-16(6-2-14)25-13-18(22)9-11-21(12-10-18)26(23,24)17-7-3-15(20)4-8-17/h1-8,22H,9-13H2. The first-order chi connectivity index (χ1) is 12.3. The maximum atomic E-state index is 12.7. The number of hydrogen-bond donors (Lipinski definition) is 1. The molecular weight excluding hydrogens is 458 g/mol. The van der Waals surface area contributed by atoms with Gasteiger partial charge in [-0.3, -0.25) is 0 Å². The first-order valence-electron chi connectivity index (χ1n) is 8.15. The highest BCUT2D eigenvalue weighted by atomic mass is 79.9. The third-order valence-electron chi connectivity index (χ3n) is 4.43. The zero-order chi connectivity index (χ0) is 18.8. The Labute approximate surface area is 171 Å². The summed E-state index contributed by atoms with van der Waals surface area (Å²) in [6.07, 6.45) is 0.840. The van der Waals surface area contributed by atoms with Crippen molar-refractivity contribution in [1.82, 2.24) is 4.31 Å². The van der Waals surface area contributed by atoms with E-state index in [1.165, 1.54) is 16.4 Å². The molecular formula is C18H19BrClNO3S2. The van der Waals surface area contributed by atoms with E-state index in [1.54, 1.807) is 23.9 Å². The minimum atomic E-state index is -3.55. The van der Waals surface area contributed by atoms with Crippen molar-refractivity contribution in [3.05, 3.63) is 58.0 Å². The summed E-state index contributed by atoms with van der Waals surface area (Å²) in [5.41, 5.74) is -0.857. The molecule has 26 heavy (non-hydrogen) atoms. The van der Waals surface area contributed by atoms with Gasteiger partial charge in [0.1, 0.15) is 0 Å². The van der Waals surface area contributed by atoms with Crippen LogP contribution in [0.4, 0.5) is 0 Å². The lowest BCUT2D eigenvalue weighted by molar-refractivity contribution is 0.0171. The summed E-state index contributed by atoms with van der Waals surface area (Å²) in [5, 5.41) is 11.3. The highest BCUT2D eigenvalue weighted by molar-refractivity contribution is 9.10. The Bertz CT molecular complexity index is 849. The van der Waals surface area contributed by atoms with Crippen molar-refractivity contribution in [2.75, 3.05) is 18.8 Å². The van der Waals surface area contributed by atoms with Crippen LogP contribution in [0, 0.1) is 0 Å². The predicted octanol–water partition coefficient (Wildman–Crippen LogP) is 4.41. The zero-order valence-electron chi connectivity index (χ0n) is 13.9. The summed E-state index contributed by atoms with van der Waals surface area (Å²) in [4.78, 5) is 1.31. The Morgan fingerprint density at radius 3 is 2.23 bits per heavy atom. The molecule has 0 amide bonds. The number of sulfonamides is 1. The number of nitrogens with zero attached hydrogens (tertiary/aromatic N) is 1. The average molecular weight is 477 g/mol. The van der Waals surface area contributed by atoms with Gasteiger partial charge in [-0.2, -0.15) is 4.31 Å². The third-order valence-corrected chi connectivity index (χ3v) is 8.41. The van der Waals surface area contributed by atoms with Crippen LogP contribution >= 0.6 is 39.3 Å². The fraction of sp³-hybridized carbons (Fsp3) is 0.333. The maximum absolute atomic E-state index is 12.7. The first-order valence-corrected chi connectivity index (χ1v) is 11.7. The SMILES string of the molecule is O=S(=O)(c1ccc(Cl)cc1)N1CCC(O)(CSc2ccc(Br)cc2)CC1. The summed E-state index contributed by atoms with van der Waals surface area (Å²) in [6, 6.07) is 14.1. The summed E-state index contributed by atoms with van der Waals surface area (Å²) in [7, 11) is -3.55. The van der Waals surface area contributed by atoms with E-state index in [0.717, 1.165) is 9.37 Å². The molecule has 0 unspecified atom stereocenters. The second kappa shape index (κ2) is 8.20. The fourth-order valence-corrected chi connectivity index (χ4v) is 5.68. The molecule has 0 aliphatic carbocycles. The summed E-state index contributed by atoms with van der Waals surface area (Å²) < 4.78 is 27.9. The van der Waals surface area contributed by atoms with E-state index in [9.17, 15) is 13.5 Å². The Morgan fingerprint density at radius 2 is 1.65 bits per heavy atom. The molecule has 0 spiro atoms. The first kappa shape index (κ1) is 20.2. The Balaban J connectivity index is 1.60. The molecule has 3 rings (SSSR count). The highest BCUT2D eigenvalue weighted by Crippen LogP contribution is 2.32. The molecule has 0 saturated carbocycles. The van der Waals surface area contributed by atoms with Crippen molar-refractivity contribution < 1.29 is 13.5 Å². The van der Waals surface area contributed by atoms with E-state index in [1.807, 2.05) is 24.3 Å². The Hall–Kier alpha value is -0.570. The Kier molecular flexibility index (Phi) is 6.37. The van der Waals surface area contributed by atoms with Crippen LogP contribution in [0.2, 0.25) is 5.02 Å². The van der Waals surface area contributed by atoms with Gasteiger partial charge in [-0.25, -0.2) is 8.42 Å². The van der Waals surface area contributed by atoms with Gasteiger partial charge in [0.15, 0.2) is 0 Å². The lowest BCUT2D eigenvalue weighted by Crippen LogP contribution is -2.47. The largest absolute Gasteiger partial charge is 0.389 e. The van der Waals surface area contributed by atoms with E-state index in [4.69, 9.17) is 11.6 Å². The van der Waals surface area contributed by atoms with Crippen molar-refractivity contribution in [3.63, 3.8) is 0 Å². The van der Waals surface area contributed by atoms with Gasteiger partial charge in [-0.05, 0) is 61.4 Å². The quantitative estimate of drug-likeness (QED) is 0.650. The van der Waals surface area contributed by atoms with Gasteiger partial charge in [0, 0.05) is 33.2 Å². The van der Waals surface area contributed by atoms with Gasteiger partial charge in [0.25, 0.3) is 0 Å². The number of thioether (sulfide) groups is 1. The number of hydrogen-bond acceptors (Lipinski definition) is 4. The molecule has 2 aromatic rings. The van der Waals surface area contributed by atoms with E-state index >= 15 is 0 Å². The molecule has 0 atom stereocenters. The molecule has 1 aliphatic heterocycles. The highest BCUT2D eigenvalue weighted by Gasteiger charge is 2.37.